The van der Waals surface area contributed by atoms with Crippen molar-refractivity contribution in [3.05, 3.63) is 76.1 Å². The molecule has 1 aliphatic carbocycles. The van der Waals surface area contributed by atoms with Gasteiger partial charge in [-0.1, -0.05) is 31.2 Å². The number of para-hydroxylation sites is 1. The average molecular weight is 520 g/mol. The van der Waals surface area contributed by atoms with E-state index in [1.54, 1.807) is 14.2 Å². The van der Waals surface area contributed by atoms with Crippen molar-refractivity contribution in [1.82, 2.24) is 5.32 Å². The van der Waals surface area contributed by atoms with Gasteiger partial charge < -0.3 is 24.3 Å². The highest BCUT2D eigenvalue weighted by molar-refractivity contribution is 6.04. The minimum absolute atomic E-state index is 0.00354. The van der Waals surface area contributed by atoms with Gasteiger partial charge in [-0.15, -0.1) is 0 Å². The van der Waals surface area contributed by atoms with Crippen LogP contribution in [0.2, 0.25) is 0 Å². The van der Waals surface area contributed by atoms with E-state index in [1.165, 1.54) is 0 Å². The van der Waals surface area contributed by atoms with E-state index in [9.17, 15) is 9.59 Å². The fourth-order valence-electron chi connectivity index (χ4n) is 5.30. The minimum atomic E-state index is -0.579. The summed E-state index contributed by atoms with van der Waals surface area (Å²) in [7, 11) is 3.20. The number of rotatable bonds is 9. The molecule has 2 aromatic rings. The van der Waals surface area contributed by atoms with Gasteiger partial charge in [0.2, 0.25) is 0 Å². The van der Waals surface area contributed by atoms with Crippen LogP contribution in [-0.2, 0) is 14.3 Å². The van der Waals surface area contributed by atoms with Crippen molar-refractivity contribution in [3.63, 3.8) is 0 Å². The van der Waals surface area contributed by atoms with Crippen molar-refractivity contribution in [2.75, 3.05) is 20.8 Å². The molecule has 0 unspecified atom stereocenters. The molecule has 0 aromatic heterocycles. The molecule has 0 fully saturated rings. The monoisotopic (exact) mass is 519 g/mol. The first kappa shape index (κ1) is 27.3. The predicted molar refractivity (Wildman–Crippen MR) is 146 cm³/mol. The Hall–Kier alpha value is -3.74. The molecule has 202 valence electrons. The lowest BCUT2D eigenvalue weighted by Crippen LogP contribution is -2.36. The van der Waals surface area contributed by atoms with Gasteiger partial charge in [0.1, 0.15) is 5.75 Å². The van der Waals surface area contributed by atoms with E-state index in [-0.39, 0.29) is 17.8 Å². The van der Waals surface area contributed by atoms with Crippen LogP contribution in [0, 0.1) is 0 Å². The van der Waals surface area contributed by atoms with Crippen LogP contribution in [0.15, 0.2) is 65.0 Å². The van der Waals surface area contributed by atoms with Crippen LogP contribution in [0.4, 0.5) is 0 Å². The number of Topliss-reactive ketones (excluding diaryl/α,β-unsaturated/α-hetero) is 1. The van der Waals surface area contributed by atoms with Gasteiger partial charge >= 0.3 is 5.97 Å². The van der Waals surface area contributed by atoms with Crippen molar-refractivity contribution in [2.45, 2.75) is 64.9 Å². The molecule has 0 spiro atoms. The van der Waals surface area contributed by atoms with Gasteiger partial charge in [-0.25, -0.2) is 4.79 Å². The molecule has 0 radical (unpaired) electrons. The highest BCUT2D eigenvalue weighted by Crippen LogP contribution is 2.48. The van der Waals surface area contributed by atoms with E-state index in [0.29, 0.717) is 60.0 Å². The van der Waals surface area contributed by atoms with Crippen molar-refractivity contribution < 1.29 is 28.5 Å². The van der Waals surface area contributed by atoms with Crippen LogP contribution in [0.25, 0.3) is 0 Å². The van der Waals surface area contributed by atoms with Gasteiger partial charge in [-0.3, -0.25) is 4.79 Å². The van der Waals surface area contributed by atoms with Gasteiger partial charge in [0, 0.05) is 29.0 Å². The van der Waals surface area contributed by atoms with E-state index in [0.717, 1.165) is 16.8 Å². The summed E-state index contributed by atoms with van der Waals surface area (Å²) in [4.78, 5) is 27.4. The maximum atomic E-state index is 13.9. The molecular formula is C31H37NO6. The van der Waals surface area contributed by atoms with E-state index < -0.39 is 11.9 Å². The second kappa shape index (κ2) is 11.8. The van der Waals surface area contributed by atoms with Gasteiger partial charge in [0.25, 0.3) is 0 Å². The van der Waals surface area contributed by atoms with Gasteiger partial charge in [-0.05, 0) is 63.3 Å². The van der Waals surface area contributed by atoms with Crippen molar-refractivity contribution in [3.8, 4) is 17.2 Å². The van der Waals surface area contributed by atoms with Crippen molar-refractivity contribution in [2.24, 2.45) is 0 Å². The van der Waals surface area contributed by atoms with Crippen LogP contribution < -0.4 is 19.5 Å². The number of carbonyl (C=O) groups excluding carboxylic acids is 2. The number of nitrogens with one attached hydrogen (secondary N) is 1. The van der Waals surface area contributed by atoms with Crippen LogP contribution in [0.5, 0.6) is 17.2 Å². The lowest BCUT2D eigenvalue weighted by molar-refractivity contribution is -0.144. The Balaban J connectivity index is 1.80. The van der Waals surface area contributed by atoms with E-state index in [2.05, 4.69) is 5.32 Å². The molecule has 0 saturated carbocycles. The van der Waals surface area contributed by atoms with Gasteiger partial charge in [0.05, 0.1) is 38.4 Å². The number of hydrogen-bond acceptors (Lipinski definition) is 7. The summed E-state index contributed by atoms with van der Waals surface area (Å²) in [5, 5.41) is 3.41. The second-order valence-electron chi connectivity index (χ2n) is 9.73. The first-order valence-corrected chi connectivity index (χ1v) is 13.2. The van der Waals surface area contributed by atoms with Crippen LogP contribution in [-0.4, -0.2) is 38.7 Å². The molecule has 38 heavy (non-hydrogen) atoms. The van der Waals surface area contributed by atoms with Gasteiger partial charge in [-0.2, -0.15) is 0 Å². The topological polar surface area (TPSA) is 83.1 Å². The molecule has 1 aliphatic heterocycles. The van der Waals surface area contributed by atoms with Crippen LogP contribution >= 0.6 is 0 Å². The number of ketones is 1. The molecule has 0 bridgehead atoms. The van der Waals surface area contributed by atoms with Crippen molar-refractivity contribution in [1.29, 1.82) is 0 Å². The highest BCUT2D eigenvalue weighted by Gasteiger charge is 2.42. The summed E-state index contributed by atoms with van der Waals surface area (Å²) in [6.07, 6.45) is 1.40. The molecule has 0 saturated heterocycles. The molecule has 4 rings (SSSR count). The second-order valence-corrected chi connectivity index (χ2v) is 9.73. The van der Waals surface area contributed by atoms with Crippen LogP contribution in [0.1, 0.15) is 69.9 Å². The normalized spacial score (nSPS) is 19.9. The Morgan fingerprint density at radius 1 is 1.03 bits per heavy atom. The largest absolute Gasteiger partial charge is 0.494 e. The zero-order valence-electron chi connectivity index (χ0n) is 23.1. The summed E-state index contributed by atoms with van der Waals surface area (Å²) in [6.45, 7) is 8.11. The number of carbonyl (C=O) groups is 2. The quantitative estimate of drug-likeness (QED) is 0.419. The van der Waals surface area contributed by atoms with E-state index in [1.807, 2.05) is 70.2 Å². The first-order valence-electron chi connectivity index (χ1n) is 13.2. The zero-order chi connectivity index (χ0) is 27.4. The Bertz CT molecular complexity index is 1280. The van der Waals surface area contributed by atoms with Crippen LogP contribution in [0.3, 0.4) is 0 Å². The number of methoxy groups -OCH3 is 2. The number of allylic oxidation sites excluding steroid dienone is 3. The lowest BCUT2D eigenvalue weighted by Gasteiger charge is -2.37. The fraction of sp³-hybridized carbons (Fsp3) is 0.419. The van der Waals surface area contributed by atoms with Crippen molar-refractivity contribution >= 4 is 11.8 Å². The van der Waals surface area contributed by atoms with Gasteiger partial charge in [0.15, 0.2) is 17.3 Å². The number of hydrogen-bond donors (Lipinski definition) is 1. The number of benzene rings is 2. The Morgan fingerprint density at radius 2 is 1.76 bits per heavy atom. The molecule has 7 nitrogen and oxygen atoms in total. The van der Waals surface area contributed by atoms with E-state index >= 15 is 0 Å². The molecule has 3 atom stereocenters. The number of ether oxygens (including phenoxy) is 4. The Labute approximate surface area is 224 Å². The number of dihydropyridines is 1. The summed E-state index contributed by atoms with van der Waals surface area (Å²) >= 11 is 0. The summed E-state index contributed by atoms with van der Waals surface area (Å²) in [5.74, 6) is 0.888. The molecule has 2 aromatic carbocycles. The molecule has 0 amide bonds. The molecule has 7 heteroatoms. The fourth-order valence-corrected chi connectivity index (χ4v) is 5.30. The molecule has 1 heterocycles. The maximum Gasteiger partial charge on any atom is 0.337 e. The summed E-state index contributed by atoms with van der Waals surface area (Å²) < 4.78 is 22.6. The Kier molecular flexibility index (Phi) is 8.45. The maximum absolute atomic E-state index is 13.9. The summed E-state index contributed by atoms with van der Waals surface area (Å²) in [5.41, 5.74) is 4.37. The average Bonchev–Trinajstić information content (AvgIpc) is 2.92. The Morgan fingerprint density at radius 3 is 2.45 bits per heavy atom. The van der Waals surface area contributed by atoms with E-state index in [4.69, 9.17) is 18.9 Å². The third kappa shape index (κ3) is 5.28. The lowest BCUT2D eigenvalue weighted by atomic mass is 9.71. The number of esters is 1. The predicted octanol–water partition coefficient (Wildman–Crippen LogP) is 5.81. The minimum Gasteiger partial charge on any atom is -0.494 e. The smallest absolute Gasteiger partial charge is 0.337 e. The third-order valence-electron chi connectivity index (χ3n) is 7.34. The third-order valence-corrected chi connectivity index (χ3v) is 7.34. The molecule has 1 N–H and O–H groups in total. The first-order chi connectivity index (χ1) is 18.3. The molecular weight excluding hydrogens is 482 g/mol. The standard InChI is InChI=1S/C31H37NO6/c1-7-18(3)38-31(34)28-19(4)32-23-15-21(20-13-14-26(35-5)27(17-20)36-6)16-24(33)30(23)29(28)22-11-9-10-12-25(22)37-8-2/h9-14,17-18,21,29,32H,7-8,15-16H2,1-6H3/t18-,21+,29+/m1/s1. The summed E-state index contributed by atoms with van der Waals surface area (Å²) in [6, 6.07) is 13.4. The highest BCUT2D eigenvalue weighted by atomic mass is 16.5. The zero-order valence-corrected chi connectivity index (χ0v) is 23.1. The molecule has 2 aliphatic rings. The SMILES string of the molecule is CCOc1ccccc1[C@H]1C(C(=O)O[C@H](C)CC)=C(C)NC2=C1C(=O)C[C@@H](c1ccc(OC)c(OC)c1)C2.